The molecule has 15 heavy (non-hydrogen) atoms. The van der Waals surface area contributed by atoms with E-state index in [0.29, 0.717) is 0 Å². The summed E-state index contributed by atoms with van der Waals surface area (Å²) in [7, 11) is 0. The van der Waals surface area contributed by atoms with Crippen molar-refractivity contribution in [2.24, 2.45) is 10.8 Å². The van der Waals surface area contributed by atoms with Crippen molar-refractivity contribution in [3.63, 3.8) is 0 Å². The van der Waals surface area contributed by atoms with Gasteiger partial charge in [0.05, 0.1) is 11.9 Å². The monoisotopic (exact) mass is 291 g/mol. The zero-order valence-corrected chi connectivity index (χ0v) is 9.61. The Morgan fingerprint density at radius 2 is 2.20 bits per heavy atom. The summed E-state index contributed by atoms with van der Waals surface area (Å²) >= 11 is 7.48. The van der Waals surface area contributed by atoms with Crippen LogP contribution in [0.3, 0.4) is 0 Å². The largest absolute Gasteiger partial charge is 0.375 e. The number of hydrogen-bond donors (Lipinski definition) is 4. The fourth-order valence-corrected chi connectivity index (χ4v) is 1.09. The first-order valence-corrected chi connectivity index (χ1v) is 4.81. The third-order valence-corrected chi connectivity index (χ3v) is 2.16. The van der Waals surface area contributed by atoms with Gasteiger partial charge in [0, 0.05) is 0 Å². The van der Waals surface area contributed by atoms with E-state index < -0.39 is 11.2 Å². The maximum absolute atomic E-state index is 11.1. The second-order valence-electron chi connectivity index (χ2n) is 2.37. The number of aromatic amines is 2. The number of aromatic nitrogens is 2. The summed E-state index contributed by atoms with van der Waals surface area (Å²) < 4.78 is 0.163. The number of hydrazone groups is 1. The van der Waals surface area contributed by atoms with Crippen molar-refractivity contribution in [3.05, 3.63) is 31.0 Å². The summed E-state index contributed by atoms with van der Waals surface area (Å²) in [6.07, 6.45) is 1.21. The number of nitrogens with one attached hydrogen (secondary N) is 3. The molecule has 7 nitrogen and oxygen atoms in total. The Labute approximate surface area is 96.9 Å². The van der Waals surface area contributed by atoms with E-state index in [1.54, 1.807) is 0 Å². The van der Waals surface area contributed by atoms with E-state index in [0.717, 1.165) is 0 Å². The first kappa shape index (κ1) is 11.6. The molecule has 0 unspecified atom stereocenters. The van der Waals surface area contributed by atoms with Gasteiger partial charge in [-0.3, -0.25) is 15.2 Å². The maximum atomic E-state index is 11.1. The van der Waals surface area contributed by atoms with E-state index in [1.807, 2.05) is 4.98 Å². The number of H-pyrrole nitrogens is 2. The van der Waals surface area contributed by atoms with Crippen LogP contribution in [0.2, 0.25) is 0 Å². The minimum atomic E-state index is -0.625. The van der Waals surface area contributed by atoms with Crippen LogP contribution >= 0.6 is 28.1 Å². The molecule has 0 fully saturated rings. The van der Waals surface area contributed by atoms with Crippen LogP contribution in [-0.2, 0) is 0 Å². The fourth-order valence-electron chi connectivity index (χ4n) is 0.738. The van der Waals surface area contributed by atoms with Gasteiger partial charge in [0.1, 0.15) is 4.47 Å². The quantitative estimate of drug-likeness (QED) is 0.317. The second kappa shape index (κ2) is 4.84. The lowest BCUT2D eigenvalue weighted by molar-refractivity contribution is 0.998. The topological polar surface area (TPSA) is 116 Å². The lowest BCUT2D eigenvalue weighted by Gasteiger charge is -1.96. The van der Waals surface area contributed by atoms with Gasteiger partial charge < -0.3 is 10.7 Å². The Kier molecular flexibility index (Phi) is 3.74. The highest BCUT2D eigenvalue weighted by atomic mass is 79.9. The van der Waals surface area contributed by atoms with Crippen molar-refractivity contribution in [2.75, 3.05) is 0 Å². The Bertz CT molecular complexity index is 519. The van der Waals surface area contributed by atoms with Gasteiger partial charge in [0.15, 0.2) is 5.11 Å². The van der Waals surface area contributed by atoms with Crippen molar-refractivity contribution in [1.29, 1.82) is 0 Å². The zero-order chi connectivity index (χ0) is 11.4. The molecule has 0 aromatic carbocycles. The molecule has 80 valence electrons. The van der Waals surface area contributed by atoms with E-state index >= 15 is 0 Å². The lowest BCUT2D eigenvalue weighted by atomic mass is 10.4. The molecule has 1 rings (SSSR count). The van der Waals surface area contributed by atoms with Gasteiger partial charge in [-0.05, 0) is 28.1 Å². The number of nitrogens with two attached hydrogens (primary N) is 1. The van der Waals surface area contributed by atoms with Crippen LogP contribution in [0.15, 0.2) is 19.2 Å². The minimum absolute atomic E-state index is 0.0189. The molecule has 1 aromatic rings. The number of halogens is 1. The smallest absolute Gasteiger partial charge is 0.326 e. The summed E-state index contributed by atoms with van der Waals surface area (Å²) in [4.78, 5) is 26.4. The molecule has 0 radical (unpaired) electrons. The predicted octanol–water partition coefficient (Wildman–Crippen LogP) is -1.01. The number of nitrogens with zero attached hydrogens (tertiary/aromatic N) is 1. The van der Waals surface area contributed by atoms with Crippen molar-refractivity contribution < 1.29 is 0 Å². The van der Waals surface area contributed by atoms with E-state index in [1.165, 1.54) is 6.21 Å². The van der Waals surface area contributed by atoms with Crippen molar-refractivity contribution in [3.8, 4) is 0 Å². The zero-order valence-electron chi connectivity index (χ0n) is 7.20. The molecule has 0 saturated heterocycles. The first-order chi connectivity index (χ1) is 7.00. The average Bonchev–Trinajstić information content (AvgIpc) is 2.12. The van der Waals surface area contributed by atoms with Crippen LogP contribution in [0, 0.1) is 0 Å². The van der Waals surface area contributed by atoms with E-state index in [2.05, 4.69) is 43.7 Å². The fraction of sp³-hybridized carbons (Fsp3) is 0. The van der Waals surface area contributed by atoms with Crippen LogP contribution in [-0.4, -0.2) is 21.3 Å². The van der Waals surface area contributed by atoms with E-state index in [9.17, 15) is 9.59 Å². The highest BCUT2D eigenvalue weighted by Crippen LogP contribution is 2.02. The summed E-state index contributed by atoms with van der Waals surface area (Å²) in [5, 5.41) is 3.57. The second-order valence-corrected chi connectivity index (χ2v) is 3.60. The van der Waals surface area contributed by atoms with Crippen LogP contribution in [0.5, 0.6) is 0 Å². The summed E-state index contributed by atoms with van der Waals surface area (Å²) in [5.74, 6) is 0. The Morgan fingerprint density at radius 3 is 2.80 bits per heavy atom. The number of rotatable bonds is 2. The molecule has 1 aromatic heterocycles. The van der Waals surface area contributed by atoms with Gasteiger partial charge in [-0.2, -0.15) is 5.10 Å². The molecule has 0 aliphatic carbocycles. The van der Waals surface area contributed by atoms with Gasteiger partial charge in [0.2, 0.25) is 0 Å². The SMILES string of the molecule is NC(=S)N/N=C/c1[nH]c(=O)[nH]c(=O)c1Br. The third-order valence-electron chi connectivity index (χ3n) is 1.28. The minimum Gasteiger partial charge on any atom is -0.375 e. The van der Waals surface area contributed by atoms with Gasteiger partial charge >= 0.3 is 5.69 Å². The van der Waals surface area contributed by atoms with Crippen LogP contribution in [0.4, 0.5) is 0 Å². The van der Waals surface area contributed by atoms with Gasteiger partial charge in [0.25, 0.3) is 5.56 Å². The van der Waals surface area contributed by atoms with Gasteiger partial charge in [-0.1, -0.05) is 0 Å². The molecule has 0 saturated carbocycles. The van der Waals surface area contributed by atoms with Gasteiger partial charge in [-0.15, -0.1) is 0 Å². The number of hydrogen-bond acceptors (Lipinski definition) is 4. The first-order valence-electron chi connectivity index (χ1n) is 3.61. The molecular formula is C6H6BrN5O2S. The van der Waals surface area contributed by atoms with E-state index in [4.69, 9.17) is 5.73 Å². The van der Waals surface area contributed by atoms with Crippen molar-refractivity contribution in [2.45, 2.75) is 0 Å². The standard InChI is InChI=1S/C6H6BrN5O2S/c7-3-2(1-9-12-5(8)15)10-6(14)11-4(3)13/h1H,(H3,8,12,15)(H2,10,11,13,14)/b9-1+. The molecule has 0 spiro atoms. The molecular weight excluding hydrogens is 286 g/mol. The molecule has 0 aliphatic heterocycles. The highest BCUT2D eigenvalue weighted by molar-refractivity contribution is 9.10. The number of thiocarbonyl (C=S) groups is 1. The average molecular weight is 292 g/mol. The molecule has 0 amide bonds. The van der Waals surface area contributed by atoms with Crippen LogP contribution < -0.4 is 22.4 Å². The molecule has 1 heterocycles. The molecule has 0 bridgehead atoms. The summed E-state index contributed by atoms with van der Waals surface area (Å²) in [5.41, 5.74) is 6.44. The lowest BCUT2D eigenvalue weighted by Crippen LogP contribution is -2.26. The highest BCUT2D eigenvalue weighted by Gasteiger charge is 2.02. The molecule has 5 N–H and O–H groups in total. The Balaban J connectivity index is 3.05. The van der Waals surface area contributed by atoms with E-state index in [-0.39, 0.29) is 15.3 Å². The third kappa shape index (κ3) is 3.29. The summed E-state index contributed by atoms with van der Waals surface area (Å²) in [6, 6.07) is 0. The molecule has 0 atom stereocenters. The summed E-state index contributed by atoms with van der Waals surface area (Å²) in [6.45, 7) is 0. The Morgan fingerprint density at radius 1 is 1.53 bits per heavy atom. The van der Waals surface area contributed by atoms with Crippen LogP contribution in [0.1, 0.15) is 5.69 Å². The van der Waals surface area contributed by atoms with Crippen molar-refractivity contribution in [1.82, 2.24) is 15.4 Å². The maximum Gasteiger partial charge on any atom is 0.326 e. The normalized spacial score (nSPS) is 10.5. The molecule has 9 heteroatoms. The Hall–Kier alpha value is -1.48. The molecule has 0 aliphatic rings. The van der Waals surface area contributed by atoms with Crippen LogP contribution in [0.25, 0.3) is 0 Å². The van der Waals surface area contributed by atoms with Crippen molar-refractivity contribution >= 4 is 39.5 Å². The van der Waals surface area contributed by atoms with Gasteiger partial charge in [-0.25, -0.2) is 4.79 Å². The predicted molar refractivity (Wildman–Crippen MR) is 62.9 cm³/mol.